The van der Waals surface area contributed by atoms with Gasteiger partial charge in [-0.1, -0.05) is 24.3 Å². The van der Waals surface area contributed by atoms with Crippen molar-refractivity contribution in [3.8, 4) is 11.1 Å². The molecule has 26 heavy (non-hydrogen) atoms. The van der Waals surface area contributed by atoms with Gasteiger partial charge >= 0.3 is 0 Å². The first-order chi connectivity index (χ1) is 12.6. The highest BCUT2D eigenvalue weighted by atomic mass is 16.5. The second-order valence-corrected chi connectivity index (χ2v) is 6.78. The number of amides is 1. The number of pyridine rings is 1. The van der Waals surface area contributed by atoms with Gasteiger partial charge in [0.1, 0.15) is 0 Å². The molecule has 0 N–H and O–H groups in total. The van der Waals surface area contributed by atoms with E-state index < -0.39 is 0 Å². The molecule has 2 heterocycles. The van der Waals surface area contributed by atoms with E-state index in [0.29, 0.717) is 26.3 Å². The van der Waals surface area contributed by atoms with Gasteiger partial charge < -0.3 is 9.64 Å². The van der Waals surface area contributed by atoms with Gasteiger partial charge in [-0.15, -0.1) is 0 Å². The molecule has 0 atom stereocenters. The van der Waals surface area contributed by atoms with Crippen molar-refractivity contribution in [1.82, 2.24) is 9.88 Å². The van der Waals surface area contributed by atoms with Crippen LogP contribution >= 0.6 is 0 Å². The normalized spacial score (nSPS) is 14.6. The fourth-order valence-corrected chi connectivity index (χ4v) is 3.61. The topological polar surface area (TPSA) is 42.4 Å². The summed E-state index contributed by atoms with van der Waals surface area (Å²) < 4.78 is 5.34. The van der Waals surface area contributed by atoms with Gasteiger partial charge in [-0.05, 0) is 60.0 Å². The molecular formula is C22H22N2O2. The van der Waals surface area contributed by atoms with E-state index in [4.69, 9.17) is 4.74 Å². The highest BCUT2D eigenvalue weighted by Gasteiger charge is 2.19. The summed E-state index contributed by atoms with van der Waals surface area (Å²) in [4.78, 5) is 19.1. The molecule has 0 radical (unpaired) electrons. The van der Waals surface area contributed by atoms with Crippen LogP contribution < -0.4 is 0 Å². The average molecular weight is 346 g/mol. The first kappa shape index (κ1) is 16.7. The van der Waals surface area contributed by atoms with Crippen molar-refractivity contribution in [3.05, 3.63) is 65.5 Å². The minimum Gasteiger partial charge on any atom is -0.378 e. The Bertz CT molecular complexity index is 955. The molecule has 4 heteroatoms. The number of ether oxygens (including phenoxy) is 1. The van der Waals surface area contributed by atoms with Crippen LogP contribution in [0.25, 0.3) is 21.9 Å². The molecule has 3 aromatic rings. The molecule has 4 nitrogen and oxygen atoms in total. The first-order valence-electron chi connectivity index (χ1n) is 8.97. The van der Waals surface area contributed by atoms with Crippen molar-refractivity contribution in [2.45, 2.75) is 13.8 Å². The number of morpholine rings is 1. The molecule has 4 rings (SSSR count). The van der Waals surface area contributed by atoms with Gasteiger partial charge in [0, 0.05) is 30.0 Å². The zero-order valence-corrected chi connectivity index (χ0v) is 15.2. The maximum absolute atomic E-state index is 12.7. The number of nitrogens with zero attached hydrogens (tertiary/aromatic N) is 2. The van der Waals surface area contributed by atoms with Crippen LogP contribution in [0.15, 0.2) is 48.5 Å². The Hall–Kier alpha value is -2.72. The molecule has 1 aliphatic heterocycles. The molecule has 1 aliphatic rings. The SMILES string of the molecule is Cc1cc(-c2cccc3cc(C(=O)N4CCOCC4)ccc23)cc(C)n1. The predicted molar refractivity (Wildman–Crippen MR) is 103 cm³/mol. The molecule has 132 valence electrons. The Labute approximate surface area is 153 Å². The minimum atomic E-state index is 0.0798. The van der Waals surface area contributed by atoms with E-state index in [1.807, 2.05) is 36.9 Å². The van der Waals surface area contributed by atoms with Gasteiger partial charge in [0.05, 0.1) is 13.2 Å². The Morgan fingerprint density at radius 3 is 2.46 bits per heavy atom. The molecule has 1 amide bonds. The first-order valence-corrected chi connectivity index (χ1v) is 8.97. The predicted octanol–water partition coefficient (Wildman–Crippen LogP) is 3.99. The lowest BCUT2D eigenvalue weighted by molar-refractivity contribution is 0.0303. The van der Waals surface area contributed by atoms with Crippen molar-refractivity contribution in [2.75, 3.05) is 26.3 Å². The number of aryl methyl sites for hydroxylation is 2. The molecule has 2 aromatic carbocycles. The van der Waals surface area contributed by atoms with Crippen molar-refractivity contribution >= 4 is 16.7 Å². The number of rotatable bonds is 2. The van der Waals surface area contributed by atoms with Crippen molar-refractivity contribution < 1.29 is 9.53 Å². The standard InChI is InChI=1S/C22H22N2O2/c1-15-12-19(13-16(2)23-15)20-5-3-4-17-14-18(6-7-21(17)20)22(25)24-8-10-26-11-9-24/h3-7,12-14H,8-11H2,1-2H3. The number of fused-ring (bicyclic) bond motifs is 1. The second kappa shape index (κ2) is 6.89. The molecule has 0 unspecified atom stereocenters. The fourth-order valence-electron chi connectivity index (χ4n) is 3.61. The van der Waals surface area contributed by atoms with Gasteiger partial charge in [-0.3, -0.25) is 9.78 Å². The Morgan fingerprint density at radius 2 is 1.73 bits per heavy atom. The van der Waals surface area contributed by atoms with Crippen LogP contribution in [0.5, 0.6) is 0 Å². The maximum Gasteiger partial charge on any atom is 0.254 e. The van der Waals surface area contributed by atoms with Gasteiger partial charge in [0.2, 0.25) is 0 Å². The van der Waals surface area contributed by atoms with Gasteiger partial charge in [0.25, 0.3) is 5.91 Å². The highest BCUT2D eigenvalue weighted by Crippen LogP contribution is 2.30. The summed E-state index contributed by atoms with van der Waals surface area (Å²) in [6, 6.07) is 16.4. The van der Waals surface area contributed by atoms with E-state index in [9.17, 15) is 4.79 Å². The Morgan fingerprint density at radius 1 is 1.00 bits per heavy atom. The number of hydrogen-bond acceptors (Lipinski definition) is 3. The van der Waals surface area contributed by atoms with E-state index in [2.05, 4.69) is 35.3 Å². The molecule has 0 aliphatic carbocycles. The third kappa shape index (κ3) is 3.20. The number of benzene rings is 2. The lowest BCUT2D eigenvalue weighted by atomic mass is 9.96. The van der Waals surface area contributed by atoms with Crippen LogP contribution in [0.1, 0.15) is 21.7 Å². The van der Waals surface area contributed by atoms with E-state index in [-0.39, 0.29) is 5.91 Å². The Balaban J connectivity index is 1.75. The summed E-state index contributed by atoms with van der Waals surface area (Å²) in [6.45, 7) is 6.58. The summed E-state index contributed by atoms with van der Waals surface area (Å²) in [5.74, 6) is 0.0798. The number of aromatic nitrogens is 1. The van der Waals surface area contributed by atoms with Crippen LogP contribution in [-0.2, 0) is 4.74 Å². The fraction of sp³-hybridized carbons (Fsp3) is 0.273. The summed E-state index contributed by atoms with van der Waals surface area (Å²) in [5.41, 5.74) is 5.08. The van der Waals surface area contributed by atoms with Gasteiger partial charge in [0.15, 0.2) is 0 Å². The zero-order chi connectivity index (χ0) is 18.1. The lowest BCUT2D eigenvalue weighted by Gasteiger charge is -2.27. The minimum absolute atomic E-state index is 0.0798. The zero-order valence-electron chi connectivity index (χ0n) is 15.2. The monoisotopic (exact) mass is 346 g/mol. The van der Waals surface area contributed by atoms with Gasteiger partial charge in [-0.2, -0.15) is 0 Å². The van der Waals surface area contributed by atoms with Crippen LogP contribution in [0.4, 0.5) is 0 Å². The maximum atomic E-state index is 12.7. The van der Waals surface area contributed by atoms with E-state index in [1.54, 1.807) is 0 Å². The summed E-state index contributed by atoms with van der Waals surface area (Å²) in [7, 11) is 0. The molecule has 0 spiro atoms. The summed E-state index contributed by atoms with van der Waals surface area (Å²) >= 11 is 0. The average Bonchev–Trinajstić information content (AvgIpc) is 2.66. The van der Waals surface area contributed by atoms with Crippen LogP contribution in [0, 0.1) is 13.8 Å². The third-order valence-electron chi connectivity index (χ3n) is 4.82. The molecule has 1 fully saturated rings. The third-order valence-corrected chi connectivity index (χ3v) is 4.82. The number of carbonyl (C=O) groups is 1. The highest BCUT2D eigenvalue weighted by molar-refractivity contribution is 6.02. The van der Waals surface area contributed by atoms with Crippen LogP contribution in [0.2, 0.25) is 0 Å². The lowest BCUT2D eigenvalue weighted by Crippen LogP contribution is -2.40. The molecular weight excluding hydrogens is 324 g/mol. The van der Waals surface area contributed by atoms with Crippen molar-refractivity contribution in [3.63, 3.8) is 0 Å². The molecule has 0 saturated carbocycles. The van der Waals surface area contributed by atoms with E-state index >= 15 is 0 Å². The molecule has 1 aromatic heterocycles. The van der Waals surface area contributed by atoms with Crippen LogP contribution in [0.3, 0.4) is 0 Å². The number of hydrogen-bond donors (Lipinski definition) is 0. The van der Waals surface area contributed by atoms with Crippen molar-refractivity contribution in [1.29, 1.82) is 0 Å². The summed E-state index contributed by atoms with van der Waals surface area (Å²) in [6.07, 6.45) is 0. The van der Waals surface area contributed by atoms with E-state index in [1.165, 1.54) is 5.56 Å². The smallest absolute Gasteiger partial charge is 0.254 e. The van der Waals surface area contributed by atoms with Gasteiger partial charge in [-0.25, -0.2) is 0 Å². The largest absolute Gasteiger partial charge is 0.378 e. The molecule has 1 saturated heterocycles. The van der Waals surface area contributed by atoms with E-state index in [0.717, 1.165) is 33.3 Å². The quantitative estimate of drug-likeness (QED) is 0.704. The molecule has 0 bridgehead atoms. The van der Waals surface area contributed by atoms with Crippen molar-refractivity contribution in [2.24, 2.45) is 0 Å². The second-order valence-electron chi connectivity index (χ2n) is 6.78. The van der Waals surface area contributed by atoms with Crippen LogP contribution in [-0.4, -0.2) is 42.1 Å². The Kier molecular flexibility index (Phi) is 4.43. The summed E-state index contributed by atoms with van der Waals surface area (Å²) in [5, 5.41) is 2.23. The number of carbonyl (C=O) groups excluding carboxylic acids is 1.